The number of nitrogens with one attached hydrogen (secondary N) is 4. The lowest BCUT2D eigenvalue weighted by atomic mass is 10.2. The summed E-state index contributed by atoms with van der Waals surface area (Å²) >= 11 is 0. The number of nitrogens with zero attached hydrogens (tertiary/aromatic N) is 3. The molecular weight excluding hydrogens is 425 g/mol. The highest BCUT2D eigenvalue weighted by Gasteiger charge is 2.24. The van der Waals surface area contributed by atoms with Crippen molar-refractivity contribution in [3.05, 3.63) is 81.9 Å². The molecular formula is C19H16FN7O5. The van der Waals surface area contributed by atoms with Crippen LogP contribution in [0.3, 0.4) is 0 Å². The highest BCUT2D eigenvalue weighted by Crippen LogP contribution is 2.27. The first-order chi connectivity index (χ1) is 15.4. The Morgan fingerprint density at radius 2 is 1.56 bits per heavy atom. The van der Waals surface area contributed by atoms with E-state index in [1.807, 2.05) is 0 Å². The van der Waals surface area contributed by atoms with Crippen LogP contribution in [0, 0.1) is 15.9 Å². The maximum absolute atomic E-state index is 13.7. The molecule has 0 unspecified atom stereocenters. The van der Waals surface area contributed by atoms with Gasteiger partial charge < -0.3 is 4.74 Å². The molecule has 0 radical (unpaired) electrons. The third-order valence-corrected chi connectivity index (χ3v) is 4.06. The summed E-state index contributed by atoms with van der Waals surface area (Å²) in [5.41, 5.74) is 8.34. The second-order valence-electron chi connectivity index (χ2n) is 6.04. The van der Waals surface area contributed by atoms with Crippen LogP contribution in [-0.2, 0) is 0 Å². The van der Waals surface area contributed by atoms with Crippen molar-refractivity contribution in [1.82, 2.24) is 20.8 Å². The lowest BCUT2D eigenvalue weighted by molar-refractivity contribution is -0.383. The normalized spacial score (nSPS) is 10.1. The summed E-state index contributed by atoms with van der Waals surface area (Å²) in [6.45, 7) is 0. The van der Waals surface area contributed by atoms with Crippen molar-refractivity contribution in [3.63, 3.8) is 0 Å². The van der Waals surface area contributed by atoms with Crippen LogP contribution in [0.15, 0.2) is 54.9 Å². The molecule has 3 aromatic rings. The zero-order valence-corrected chi connectivity index (χ0v) is 16.5. The number of ether oxygens (including phenoxy) is 1. The zero-order chi connectivity index (χ0) is 23.1. The number of amides is 2. The molecule has 2 amide bonds. The van der Waals surface area contributed by atoms with Gasteiger partial charge in [0.15, 0.2) is 0 Å². The lowest BCUT2D eigenvalue weighted by Crippen LogP contribution is -2.32. The van der Waals surface area contributed by atoms with Crippen molar-refractivity contribution < 1.29 is 23.6 Å². The topological polar surface area (TPSA) is 160 Å². The van der Waals surface area contributed by atoms with Crippen LogP contribution in [0.1, 0.15) is 20.7 Å². The van der Waals surface area contributed by atoms with Gasteiger partial charge in [-0.05, 0) is 36.4 Å². The van der Waals surface area contributed by atoms with Crippen molar-refractivity contribution in [2.75, 3.05) is 18.0 Å². The Morgan fingerprint density at radius 1 is 0.969 bits per heavy atom. The average Bonchev–Trinajstić information content (AvgIpc) is 2.81. The molecule has 2 aromatic carbocycles. The standard InChI is InChI=1S/C19H16FN7O5/c1-32-12-8-6-11(7-9-12)18(28)25-23-16-15(27(30)31)17(22-10-21-16)24-26-19(29)13-4-2-3-5-14(13)20/h2-10H,1H3,(H,25,28)(H,26,29)(H2,21,22,23,24). The number of hydrogen-bond donors (Lipinski definition) is 4. The van der Waals surface area contributed by atoms with Gasteiger partial charge in [0.25, 0.3) is 11.8 Å². The highest BCUT2D eigenvalue weighted by molar-refractivity contribution is 5.96. The van der Waals surface area contributed by atoms with Gasteiger partial charge >= 0.3 is 5.69 Å². The van der Waals surface area contributed by atoms with Crippen LogP contribution in [-0.4, -0.2) is 33.8 Å². The fourth-order valence-corrected chi connectivity index (χ4v) is 2.49. The number of hydrogen-bond acceptors (Lipinski definition) is 9. The number of anilines is 2. The second-order valence-corrected chi connectivity index (χ2v) is 6.04. The van der Waals surface area contributed by atoms with E-state index in [2.05, 4.69) is 31.7 Å². The fourth-order valence-electron chi connectivity index (χ4n) is 2.49. The van der Waals surface area contributed by atoms with Crippen molar-refractivity contribution in [2.45, 2.75) is 0 Å². The molecule has 164 valence electrons. The maximum atomic E-state index is 13.7. The van der Waals surface area contributed by atoms with Crippen LogP contribution in [0.25, 0.3) is 0 Å². The number of benzene rings is 2. The third-order valence-electron chi connectivity index (χ3n) is 4.06. The summed E-state index contributed by atoms with van der Waals surface area (Å²) < 4.78 is 18.7. The van der Waals surface area contributed by atoms with Crippen LogP contribution in [0.5, 0.6) is 5.75 Å². The van der Waals surface area contributed by atoms with Crippen molar-refractivity contribution >= 4 is 29.1 Å². The molecule has 0 saturated carbocycles. The Kier molecular flexibility index (Phi) is 6.70. The summed E-state index contributed by atoms with van der Waals surface area (Å²) in [7, 11) is 1.48. The predicted molar refractivity (Wildman–Crippen MR) is 110 cm³/mol. The maximum Gasteiger partial charge on any atom is 0.356 e. The Balaban J connectivity index is 1.72. The Hall–Kier alpha value is -4.81. The largest absolute Gasteiger partial charge is 0.497 e. The van der Waals surface area contributed by atoms with Gasteiger partial charge in [0, 0.05) is 5.56 Å². The SMILES string of the molecule is COc1ccc(C(=O)NNc2ncnc(NNC(=O)c3ccccc3F)c2[N+](=O)[O-])cc1. The van der Waals surface area contributed by atoms with Gasteiger partial charge in [-0.3, -0.25) is 41.4 Å². The third kappa shape index (κ3) is 5.02. The molecule has 0 aliphatic carbocycles. The number of carbonyl (C=O) groups excluding carboxylic acids is 2. The van der Waals surface area contributed by atoms with Gasteiger partial charge in [0.2, 0.25) is 11.6 Å². The lowest BCUT2D eigenvalue weighted by Gasteiger charge is -2.12. The van der Waals surface area contributed by atoms with Gasteiger partial charge in [-0.1, -0.05) is 12.1 Å². The Morgan fingerprint density at radius 3 is 2.12 bits per heavy atom. The quantitative estimate of drug-likeness (QED) is 0.303. The molecule has 3 rings (SSSR count). The van der Waals surface area contributed by atoms with E-state index < -0.39 is 34.1 Å². The number of nitro groups is 1. The Labute approximate surface area is 179 Å². The molecule has 32 heavy (non-hydrogen) atoms. The molecule has 0 aliphatic heterocycles. The van der Waals surface area contributed by atoms with Gasteiger partial charge in [-0.25, -0.2) is 14.4 Å². The number of hydrazine groups is 2. The van der Waals surface area contributed by atoms with Crippen LogP contribution >= 0.6 is 0 Å². The van der Waals surface area contributed by atoms with E-state index in [-0.39, 0.29) is 16.9 Å². The van der Waals surface area contributed by atoms with Crippen LogP contribution < -0.4 is 26.4 Å². The molecule has 1 aromatic heterocycles. The summed E-state index contributed by atoms with van der Waals surface area (Å²) in [5.74, 6) is -2.44. The molecule has 0 fully saturated rings. The summed E-state index contributed by atoms with van der Waals surface area (Å²) in [4.78, 5) is 42.5. The Bertz CT molecular complexity index is 1160. The molecule has 0 bridgehead atoms. The van der Waals surface area contributed by atoms with Gasteiger partial charge in [0.05, 0.1) is 17.6 Å². The van der Waals surface area contributed by atoms with E-state index in [0.717, 1.165) is 12.4 Å². The molecule has 4 N–H and O–H groups in total. The number of halogens is 1. The first-order valence-corrected chi connectivity index (χ1v) is 8.91. The van der Waals surface area contributed by atoms with Gasteiger partial charge in [-0.15, -0.1) is 0 Å². The second kappa shape index (κ2) is 9.80. The number of aromatic nitrogens is 2. The van der Waals surface area contributed by atoms with Crippen LogP contribution in [0.4, 0.5) is 21.7 Å². The van der Waals surface area contributed by atoms with E-state index in [1.54, 1.807) is 12.1 Å². The highest BCUT2D eigenvalue weighted by atomic mass is 19.1. The predicted octanol–water partition coefficient (Wildman–Crippen LogP) is 2.05. The summed E-state index contributed by atoms with van der Waals surface area (Å²) in [5, 5.41) is 11.5. The number of carbonyl (C=O) groups is 2. The van der Waals surface area contributed by atoms with Gasteiger partial charge in [0.1, 0.15) is 17.9 Å². The molecule has 1 heterocycles. The van der Waals surface area contributed by atoms with Gasteiger partial charge in [-0.2, -0.15) is 0 Å². The smallest absolute Gasteiger partial charge is 0.356 e. The fraction of sp³-hybridized carbons (Fsp3) is 0.0526. The molecule has 0 aliphatic rings. The zero-order valence-electron chi connectivity index (χ0n) is 16.5. The molecule has 0 spiro atoms. The average molecular weight is 441 g/mol. The van der Waals surface area contributed by atoms with E-state index >= 15 is 0 Å². The minimum Gasteiger partial charge on any atom is -0.497 e. The van der Waals surface area contributed by atoms with E-state index in [4.69, 9.17) is 4.74 Å². The summed E-state index contributed by atoms with van der Waals surface area (Å²) in [6, 6.07) is 11.3. The molecule has 0 atom stereocenters. The number of methoxy groups -OCH3 is 1. The molecule has 13 heteroatoms. The minimum absolute atomic E-state index is 0.255. The van der Waals surface area contributed by atoms with Crippen LogP contribution in [0.2, 0.25) is 0 Å². The minimum atomic E-state index is -0.877. The van der Waals surface area contributed by atoms with E-state index in [1.165, 1.54) is 37.4 Å². The monoisotopic (exact) mass is 441 g/mol. The van der Waals surface area contributed by atoms with E-state index in [0.29, 0.717) is 5.75 Å². The van der Waals surface area contributed by atoms with Crippen molar-refractivity contribution in [3.8, 4) is 5.75 Å². The van der Waals surface area contributed by atoms with E-state index in [9.17, 15) is 24.1 Å². The first-order valence-electron chi connectivity index (χ1n) is 8.91. The van der Waals surface area contributed by atoms with Crippen molar-refractivity contribution in [2.24, 2.45) is 0 Å². The molecule has 12 nitrogen and oxygen atoms in total. The molecule has 0 saturated heterocycles. The summed E-state index contributed by atoms with van der Waals surface area (Å²) in [6.07, 6.45) is 0.965. The first kappa shape index (κ1) is 21.9. The van der Waals surface area contributed by atoms with Crippen molar-refractivity contribution in [1.29, 1.82) is 0 Å². The number of rotatable bonds is 8.